The van der Waals surface area contributed by atoms with Crippen LogP contribution in [-0.2, 0) is 20.7 Å². The number of rotatable bonds is 7. The zero-order valence-corrected chi connectivity index (χ0v) is 11.3. The van der Waals surface area contributed by atoms with Gasteiger partial charge in [-0.3, -0.25) is 9.59 Å². The van der Waals surface area contributed by atoms with Crippen molar-refractivity contribution in [2.24, 2.45) is 0 Å². The second kappa shape index (κ2) is 8.13. The van der Waals surface area contributed by atoms with Gasteiger partial charge in [-0.1, -0.05) is 12.1 Å². The zero-order valence-electron chi connectivity index (χ0n) is 11.3. The molecule has 5 nitrogen and oxygen atoms in total. The molecule has 19 heavy (non-hydrogen) atoms. The predicted molar refractivity (Wildman–Crippen MR) is 71.0 cm³/mol. The first-order chi connectivity index (χ1) is 9.15. The summed E-state index contributed by atoms with van der Waals surface area (Å²) in [6.07, 6.45) is 0.481. The number of benzene rings is 1. The first kappa shape index (κ1) is 15.0. The van der Waals surface area contributed by atoms with Crippen LogP contribution in [0, 0.1) is 0 Å². The zero-order chi connectivity index (χ0) is 14.1. The van der Waals surface area contributed by atoms with Crippen molar-refractivity contribution in [3.8, 4) is 5.75 Å². The third-order valence-corrected chi connectivity index (χ3v) is 2.51. The molecule has 0 aliphatic rings. The molecule has 0 radical (unpaired) electrons. The summed E-state index contributed by atoms with van der Waals surface area (Å²) >= 11 is 0. The number of ether oxygens (including phenoxy) is 2. The van der Waals surface area contributed by atoms with Crippen molar-refractivity contribution in [3.63, 3.8) is 0 Å². The van der Waals surface area contributed by atoms with Crippen LogP contribution in [0.4, 0.5) is 0 Å². The van der Waals surface area contributed by atoms with E-state index >= 15 is 0 Å². The molecule has 0 aliphatic carbocycles. The van der Waals surface area contributed by atoms with Crippen molar-refractivity contribution < 1.29 is 19.1 Å². The van der Waals surface area contributed by atoms with Gasteiger partial charge in [0.15, 0.2) is 0 Å². The number of nitrogens with one attached hydrogen (secondary N) is 1. The summed E-state index contributed by atoms with van der Waals surface area (Å²) in [4.78, 5) is 22.4. The van der Waals surface area contributed by atoms with Crippen LogP contribution < -0.4 is 10.1 Å². The Labute approximate surface area is 112 Å². The molecular weight excluding hydrogens is 246 g/mol. The fourth-order valence-corrected chi connectivity index (χ4v) is 1.54. The topological polar surface area (TPSA) is 64.6 Å². The van der Waals surface area contributed by atoms with Crippen LogP contribution in [0.3, 0.4) is 0 Å². The maximum Gasteiger partial charge on any atom is 0.315 e. The summed E-state index contributed by atoms with van der Waals surface area (Å²) in [7, 11) is 1.62. The van der Waals surface area contributed by atoms with Gasteiger partial charge in [-0.2, -0.15) is 0 Å². The Hall–Kier alpha value is -2.04. The van der Waals surface area contributed by atoms with Crippen molar-refractivity contribution in [1.82, 2.24) is 5.32 Å². The average Bonchev–Trinajstić information content (AvgIpc) is 2.39. The van der Waals surface area contributed by atoms with Crippen LogP contribution in [0.1, 0.15) is 18.9 Å². The molecule has 1 rings (SSSR count). The van der Waals surface area contributed by atoms with Crippen LogP contribution >= 0.6 is 0 Å². The Morgan fingerprint density at radius 1 is 1.21 bits per heavy atom. The summed E-state index contributed by atoms with van der Waals surface area (Å²) < 4.78 is 9.75. The Balaban J connectivity index is 2.25. The Bertz CT molecular complexity index is 414. The highest BCUT2D eigenvalue weighted by Gasteiger charge is 2.09. The van der Waals surface area contributed by atoms with Gasteiger partial charge >= 0.3 is 5.97 Å². The van der Waals surface area contributed by atoms with Crippen molar-refractivity contribution in [2.75, 3.05) is 20.3 Å². The first-order valence-corrected chi connectivity index (χ1v) is 6.21. The van der Waals surface area contributed by atoms with E-state index in [-0.39, 0.29) is 18.9 Å². The lowest BCUT2D eigenvalue weighted by molar-refractivity contribution is -0.145. The fraction of sp³-hybridized carbons (Fsp3) is 0.429. The third kappa shape index (κ3) is 5.90. The fourth-order valence-electron chi connectivity index (χ4n) is 1.54. The van der Waals surface area contributed by atoms with Crippen molar-refractivity contribution in [3.05, 3.63) is 29.8 Å². The van der Waals surface area contributed by atoms with Gasteiger partial charge in [0.1, 0.15) is 12.2 Å². The number of amides is 1. The van der Waals surface area contributed by atoms with Gasteiger partial charge in [-0.25, -0.2) is 0 Å². The standard InChI is InChI=1S/C14H19NO4/c1-3-19-14(17)10-13(16)15-9-8-11-4-6-12(18-2)7-5-11/h4-7H,3,8-10H2,1-2H3,(H,15,16). The van der Waals surface area contributed by atoms with E-state index in [4.69, 9.17) is 4.74 Å². The van der Waals surface area contributed by atoms with Crippen molar-refractivity contribution in [1.29, 1.82) is 0 Å². The molecule has 0 bridgehead atoms. The number of carbonyl (C=O) groups excluding carboxylic acids is 2. The summed E-state index contributed by atoms with van der Waals surface area (Å²) in [6.45, 7) is 2.49. The Morgan fingerprint density at radius 2 is 1.89 bits per heavy atom. The highest BCUT2D eigenvalue weighted by atomic mass is 16.5. The van der Waals surface area contributed by atoms with E-state index in [1.165, 1.54) is 0 Å². The lowest BCUT2D eigenvalue weighted by atomic mass is 10.1. The molecule has 0 unspecified atom stereocenters. The number of hydrogen-bond acceptors (Lipinski definition) is 4. The predicted octanol–water partition coefficient (Wildman–Crippen LogP) is 1.31. The number of methoxy groups -OCH3 is 1. The Kier molecular flexibility index (Phi) is 6.43. The van der Waals surface area contributed by atoms with Gasteiger partial charge in [-0.05, 0) is 31.0 Å². The lowest BCUT2D eigenvalue weighted by Gasteiger charge is -2.06. The minimum atomic E-state index is -0.496. The van der Waals surface area contributed by atoms with Crippen molar-refractivity contribution in [2.45, 2.75) is 19.8 Å². The smallest absolute Gasteiger partial charge is 0.315 e. The van der Waals surface area contributed by atoms with E-state index in [0.717, 1.165) is 11.3 Å². The molecule has 1 amide bonds. The summed E-state index contributed by atoms with van der Waals surface area (Å²) in [5.41, 5.74) is 1.09. The molecule has 1 aromatic carbocycles. The molecule has 0 heterocycles. The van der Waals surface area contributed by atoms with Gasteiger partial charge in [0.05, 0.1) is 13.7 Å². The van der Waals surface area contributed by atoms with Gasteiger partial charge in [0.2, 0.25) is 5.91 Å². The van der Waals surface area contributed by atoms with Gasteiger partial charge in [-0.15, -0.1) is 0 Å². The largest absolute Gasteiger partial charge is 0.497 e. The lowest BCUT2D eigenvalue weighted by Crippen LogP contribution is -2.28. The summed E-state index contributed by atoms with van der Waals surface area (Å²) in [5.74, 6) is -0.00787. The summed E-state index contributed by atoms with van der Waals surface area (Å²) in [5, 5.41) is 2.68. The van der Waals surface area contributed by atoms with E-state index in [0.29, 0.717) is 13.0 Å². The number of carbonyl (C=O) groups is 2. The highest BCUT2D eigenvalue weighted by Crippen LogP contribution is 2.11. The van der Waals surface area contributed by atoms with E-state index in [1.54, 1.807) is 14.0 Å². The minimum absolute atomic E-state index is 0.226. The minimum Gasteiger partial charge on any atom is -0.497 e. The van der Waals surface area contributed by atoms with Gasteiger partial charge in [0, 0.05) is 6.54 Å². The highest BCUT2D eigenvalue weighted by molar-refractivity contribution is 5.94. The molecule has 1 N–H and O–H groups in total. The van der Waals surface area contributed by atoms with Crippen LogP contribution in [-0.4, -0.2) is 32.1 Å². The van der Waals surface area contributed by atoms with Gasteiger partial charge < -0.3 is 14.8 Å². The molecule has 104 valence electrons. The van der Waals surface area contributed by atoms with E-state index in [1.807, 2.05) is 24.3 Å². The average molecular weight is 265 g/mol. The molecular formula is C14H19NO4. The maximum atomic E-state index is 11.4. The third-order valence-electron chi connectivity index (χ3n) is 2.51. The molecule has 0 aliphatic heterocycles. The molecule has 0 saturated carbocycles. The van der Waals surface area contributed by atoms with Crippen molar-refractivity contribution >= 4 is 11.9 Å². The van der Waals surface area contributed by atoms with E-state index in [2.05, 4.69) is 10.1 Å². The number of hydrogen-bond donors (Lipinski definition) is 1. The van der Waals surface area contributed by atoms with E-state index in [9.17, 15) is 9.59 Å². The summed E-state index contributed by atoms with van der Waals surface area (Å²) in [6, 6.07) is 7.62. The molecule has 0 fully saturated rings. The van der Waals surface area contributed by atoms with Gasteiger partial charge in [0.25, 0.3) is 0 Å². The monoisotopic (exact) mass is 265 g/mol. The maximum absolute atomic E-state index is 11.4. The van der Waals surface area contributed by atoms with Crippen LogP contribution in [0.2, 0.25) is 0 Å². The second-order valence-electron chi connectivity index (χ2n) is 3.93. The second-order valence-corrected chi connectivity index (χ2v) is 3.93. The van der Waals surface area contributed by atoms with Crippen LogP contribution in [0.5, 0.6) is 5.75 Å². The molecule has 1 aromatic rings. The molecule has 0 saturated heterocycles. The Morgan fingerprint density at radius 3 is 2.47 bits per heavy atom. The molecule has 5 heteroatoms. The first-order valence-electron chi connectivity index (χ1n) is 6.21. The molecule has 0 spiro atoms. The van der Waals surface area contributed by atoms with E-state index < -0.39 is 5.97 Å². The normalized spacial score (nSPS) is 9.79. The quantitative estimate of drug-likeness (QED) is 0.596. The SMILES string of the molecule is CCOC(=O)CC(=O)NCCc1ccc(OC)cc1. The molecule has 0 atom stereocenters. The van der Waals surface area contributed by atoms with Crippen LogP contribution in [0.15, 0.2) is 24.3 Å². The number of esters is 1. The molecule has 0 aromatic heterocycles. The van der Waals surface area contributed by atoms with Crippen LogP contribution in [0.25, 0.3) is 0 Å².